The zero-order chi connectivity index (χ0) is 15.8. The Morgan fingerprint density at radius 1 is 1.33 bits per heavy atom. The Kier molecular flexibility index (Phi) is 3.95. The Labute approximate surface area is 121 Å². The minimum Gasteiger partial charge on any atom is -0.445 e. The zero-order valence-corrected chi connectivity index (χ0v) is 12.3. The van der Waals surface area contributed by atoms with Gasteiger partial charge in [-0.1, -0.05) is 18.2 Å². The van der Waals surface area contributed by atoms with E-state index in [1.54, 1.807) is 20.8 Å². The standard InChI is InChI=1S/C14H18BF3NO2/c1-14(2,3)21-13(20)19-12-7-4-9-8-10(15(16,17)18)5-6-11(9)12/h5-6,8,12H,4,7H2,1-3H3,(H,19,20)/q-1/t12-/m1/s1. The number of rotatable bonds is 2. The van der Waals surface area contributed by atoms with Crippen LogP contribution in [0.15, 0.2) is 18.2 Å². The molecular weight excluding hydrogens is 282 g/mol. The maximum absolute atomic E-state index is 12.7. The van der Waals surface area contributed by atoms with Crippen LogP contribution in [-0.2, 0) is 11.2 Å². The molecule has 3 nitrogen and oxygen atoms in total. The fraction of sp³-hybridized carbons (Fsp3) is 0.500. The Morgan fingerprint density at radius 2 is 2.00 bits per heavy atom. The van der Waals surface area contributed by atoms with Gasteiger partial charge >= 0.3 is 13.1 Å². The predicted octanol–water partition coefficient (Wildman–Crippen LogP) is 3.25. The van der Waals surface area contributed by atoms with E-state index in [9.17, 15) is 17.7 Å². The van der Waals surface area contributed by atoms with E-state index in [0.717, 1.165) is 11.6 Å². The second kappa shape index (κ2) is 5.28. The lowest BCUT2D eigenvalue weighted by molar-refractivity contribution is 0.0503. The van der Waals surface area contributed by atoms with E-state index < -0.39 is 24.1 Å². The normalized spacial score (nSPS) is 18.3. The highest BCUT2D eigenvalue weighted by Gasteiger charge is 2.30. The molecule has 0 radical (unpaired) electrons. The second-order valence-corrected chi connectivity index (χ2v) is 6.27. The van der Waals surface area contributed by atoms with Crippen LogP contribution in [0, 0.1) is 0 Å². The average molecular weight is 300 g/mol. The zero-order valence-electron chi connectivity index (χ0n) is 12.3. The van der Waals surface area contributed by atoms with Crippen LogP contribution in [0.3, 0.4) is 0 Å². The summed E-state index contributed by atoms with van der Waals surface area (Å²) in [5, 5.41) is 2.71. The SMILES string of the molecule is CC(C)(C)OC(=O)N[C@@H]1CCc2cc([B-](F)(F)F)ccc21. The summed E-state index contributed by atoms with van der Waals surface area (Å²) in [7, 11) is 0. The molecule has 1 aliphatic carbocycles. The van der Waals surface area contributed by atoms with Gasteiger partial charge in [-0.3, -0.25) is 0 Å². The molecule has 1 amide bonds. The average Bonchev–Trinajstić information content (AvgIpc) is 2.68. The molecule has 2 rings (SSSR count). The molecule has 1 N–H and O–H groups in total. The molecule has 1 aromatic carbocycles. The molecule has 0 fully saturated rings. The van der Waals surface area contributed by atoms with Crippen LogP contribution < -0.4 is 10.8 Å². The molecule has 0 spiro atoms. The number of aryl methyl sites for hydroxylation is 1. The summed E-state index contributed by atoms with van der Waals surface area (Å²) in [6.45, 7) is 0.284. The molecule has 0 heterocycles. The number of nitrogens with one attached hydrogen (secondary N) is 1. The third-order valence-electron chi connectivity index (χ3n) is 3.31. The van der Waals surface area contributed by atoms with Crippen LogP contribution in [0.2, 0.25) is 0 Å². The number of fused-ring (bicyclic) bond motifs is 1. The smallest absolute Gasteiger partial charge is 0.445 e. The van der Waals surface area contributed by atoms with Gasteiger partial charge in [-0.15, -0.1) is 5.46 Å². The van der Waals surface area contributed by atoms with E-state index in [2.05, 4.69) is 5.32 Å². The fourth-order valence-corrected chi connectivity index (χ4v) is 2.44. The summed E-state index contributed by atoms with van der Waals surface area (Å²) >= 11 is 0. The van der Waals surface area contributed by atoms with Crippen molar-refractivity contribution in [3.63, 3.8) is 0 Å². The number of hydrogen-bond donors (Lipinski definition) is 1. The number of hydrogen-bond acceptors (Lipinski definition) is 2. The lowest BCUT2D eigenvalue weighted by Crippen LogP contribution is -2.35. The van der Waals surface area contributed by atoms with Gasteiger partial charge in [0.05, 0.1) is 6.04 Å². The van der Waals surface area contributed by atoms with Crippen molar-refractivity contribution in [2.24, 2.45) is 0 Å². The third kappa shape index (κ3) is 3.92. The third-order valence-corrected chi connectivity index (χ3v) is 3.31. The molecule has 0 aromatic heterocycles. The molecule has 0 saturated heterocycles. The monoisotopic (exact) mass is 300 g/mol. The van der Waals surface area contributed by atoms with Gasteiger partial charge in [0.15, 0.2) is 0 Å². The highest BCUT2D eigenvalue weighted by atomic mass is 19.4. The van der Waals surface area contributed by atoms with Crippen LogP contribution in [0.25, 0.3) is 0 Å². The maximum atomic E-state index is 12.7. The number of halogens is 3. The van der Waals surface area contributed by atoms with E-state index in [-0.39, 0.29) is 6.04 Å². The largest absolute Gasteiger partial charge is 0.509 e. The van der Waals surface area contributed by atoms with E-state index in [1.165, 1.54) is 12.1 Å². The van der Waals surface area contributed by atoms with Crippen molar-refractivity contribution in [3.05, 3.63) is 29.3 Å². The highest BCUT2D eigenvalue weighted by molar-refractivity contribution is 6.73. The summed E-state index contributed by atoms with van der Waals surface area (Å²) in [6, 6.07) is 3.43. The number of carbonyl (C=O) groups is 1. The minimum absolute atomic E-state index is 0.287. The fourth-order valence-electron chi connectivity index (χ4n) is 2.44. The van der Waals surface area contributed by atoms with E-state index in [4.69, 9.17) is 4.74 Å². The first-order chi connectivity index (χ1) is 9.56. The summed E-state index contributed by atoms with van der Waals surface area (Å²) in [5.41, 5.74) is 0.192. The van der Waals surface area contributed by atoms with E-state index >= 15 is 0 Å². The summed E-state index contributed by atoms with van der Waals surface area (Å²) in [4.78, 5) is 11.7. The summed E-state index contributed by atoms with van der Waals surface area (Å²) < 4.78 is 43.3. The molecule has 7 heteroatoms. The van der Waals surface area contributed by atoms with Gasteiger partial charge in [-0.25, -0.2) is 4.79 Å². The predicted molar refractivity (Wildman–Crippen MR) is 75.6 cm³/mol. The highest BCUT2D eigenvalue weighted by Crippen LogP contribution is 2.31. The molecule has 0 aliphatic heterocycles. The van der Waals surface area contributed by atoms with Crippen molar-refractivity contribution < 1.29 is 22.5 Å². The summed E-state index contributed by atoms with van der Waals surface area (Å²) in [6.07, 6.45) is 0.558. The number of carbonyl (C=O) groups excluding carboxylic acids is 1. The first-order valence-electron chi connectivity index (χ1n) is 6.88. The van der Waals surface area contributed by atoms with Crippen molar-refractivity contribution in [2.75, 3.05) is 0 Å². The molecule has 0 bridgehead atoms. The van der Waals surface area contributed by atoms with Gasteiger partial charge in [-0.2, -0.15) is 0 Å². The first-order valence-corrected chi connectivity index (χ1v) is 6.88. The minimum atomic E-state index is -4.99. The van der Waals surface area contributed by atoms with E-state index in [0.29, 0.717) is 18.4 Å². The van der Waals surface area contributed by atoms with Crippen LogP contribution in [0.1, 0.15) is 44.4 Å². The van der Waals surface area contributed by atoms with Crippen LogP contribution in [0.4, 0.5) is 17.7 Å². The molecule has 0 saturated carbocycles. The van der Waals surface area contributed by atoms with Crippen molar-refractivity contribution in [1.29, 1.82) is 0 Å². The number of ether oxygens (including phenoxy) is 1. The number of amides is 1. The van der Waals surface area contributed by atoms with Crippen molar-refractivity contribution in [3.8, 4) is 0 Å². The molecule has 1 aliphatic rings. The van der Waals surface area contributed by atoms with Gasteiger partial charge in [0.25, 0.3) is 0 Å². The van der Waals surface area contributed by atoms with Gasteiger partial charge in [0.2, 0.25) is 0 Å². The van der Waals surface area contributed by atoms with Crippen LogP contribution in [0.5, 0.6) is 0 Å². The number of benzene rings is 1. The molecule has 116 valence electrons. The van der Waals surface area contributed by atoms with E-state index in [1.807, 2.05) is 0 Å². The molecule has 1 aromatic rings. The van der Waals surface area contributed by atoms with Gasteiger partial charge in [0, 0.05) is 0 Å². The van der Waals surface area contributed by atoms with Crippen LogP contribution in [-0.4, -0.2) is 18.7 Å². The second-order valence-electron chi connectivity index (χ2n) is 6.27. The first kappa shape index (κ1) is 15.7. The Morgan fingerprint density at radius 3 is 2.57 bits per heavy atom. The number of alkyl carbamates (subject to hydrolysis) is 1. The topological polar surface area (TPSA) is 38.3 Å². The molecule has 0 unspecified atom stereocenters. The lowest BCUT2D eigenvalue weighted by Gasteiger charge is -2.22. The molecular formula is C14H18BF3NO2-. The summed E-state index contributed by atoms with van der Waals surface area (Å²) in [5.74, 6) is 0. The molecule has 21 heavy (non-hydrogen) atoms. The van der Waals surface area contributed by atoms with Crippen molar-refractivity contribution in [1.82, 2.24) is 5.32 Å². The van der Waals surface area contributed by atoms with Crippen molar-refractivity contribution in [2.45, 2.75) is 45.3 Å². The maximum Gasteiger partial charge on any atom is 0.509 e. The van der Waals surface area contributed by atoms with Gasteiger partial charge in [-0.05, 0) is 44.7 Å². The van der Waals surface area contributed by atoms with Gasteiger partial charge in [0.1, 0.15) is 5.60 Å². The van der Waals surface area contributed by atoms with Crippen molar-refractivity contribution >= 4 is 18.5 Å². The lowest BCUT2D eigenvalue weighted by atomic mass is 9.79. The Hall–Kier alpha value is -1.66. The Balaban J connectivity index is 2.11. The van der Waals surface area contributed by atoms with Crippen LogP contribution >= 0.6 is 0 Å². The Bertz CT molecular complexity index is 552. The molecule has 1 atom stereocenters. The quantitative estimate of drug-likeness (QED) is 0.851. The van der Waals surface area contributed by atoms with Gasteiger partial charge < -0.3 is 23.0 Å².